The van der Waals surface area contributed by atoms with Gasteiger partial charge in [-0.15, -0.1) is 0 Å². The summed E-state index contributed by atoms with van der Waals surface area (Å²) in [6, 6.07) is 4.87. The predicted molar refractivity (Wildman–Crippen MR) is 60.0 cm³/mol. The number of carbonyl (C=O) groups excluding carboxylic acids is 1. The number of halogens is 1. The van der Waals surface area contributed by atoms with E-state index in [1.165, 1.54) is 0 Å². The molecule has 5 nitrogen and oxygen atoms in total. The molecule has 2 aromatic rings. The molecular weight excluding hydrogens is 232 g/mol. The molecule has 0 bridgehead atoms. The topological polar surface area (TPSA) is 64.1 Å². The molecule has 0 aliphatic carbocycles. The Bertz CT molecular complexity index is 600. The SMILES string of the molecule is CCOC(=O)n1[nH]c(=O)c2c(Cl)cccc21. The lowest BCUT2D eigenvalue weighted by atomic mass is 10.2. The van der Waals surface area contributed by atoms with Crippen LogP contribution in [0.2, 0.25) is 5.02 Å². The van der Waals surface area contributed by atoms with Crippen molar-refractivity contribution in [1.82, 2.24) is 9.78 Å². The van der Waals surface area contributed by atoms with E-state index in [1.807, 2.05) is 0 Å². The average molecular weight is 241 g/mol. The van der Waals surface area contributed by atoms with Crippen LogP contribution >= 0.6 is 11.6 Å². The van der Waals surface area contributed by atoms with Gasteiger partial charge in [0.1, 0.15) is 0 Å². The number of hydrogen-bond donors (Lipinski definition) is 1. The monoisotopic (exact) mass is 240 g/mol. The van der Waals surface area contributed by atoms with Crippen LogP contribution in [-0.4, -0.2) is 22.5 Å². The number of carbonyl (C=O) groups is 1. The zero-order chi connectivity index (χ0) is 11.7. The highest BCUT2D eigenvalue weighted by atomic mass is 35.5. The summed E-state index contributed by atoms with van der Waals surface area (Å²) in [5.74, 6) is 0. The van der Waals surface area contributed by atoms with Crippen molar-refractivity contribution < 1.29 is 9.53 Å². The second kappa shape index (κ2) is 4.02. The molecule has 0 saturated heterocycles. The fourth-order valence-electron chi connectivity index (χ4n) is 1.47. The van der Waals surface area contributed by atoms with Gasteiger partial charge in [0.05, 0.1) is 22.5 Å². The van der Waals surface area contributed by atoms with Crippen molar-refractivity contribution in [2.24, 2.45) is 0 Å². The second-order valence-corrected chi connectivity index (χ2v) is 3.52. The molecular formula is C10H9ClN2O3. The lowest BCUT2D eigenvalue weighted by molar-refractivity contribution is 0.151. The molecule has 84 valence electrons. The zero-order valence-electron chi connectivity index (χ0n) is 8.49. The minimum absolute atomic E-state index is 0.237. The number of nitrogens with one attached hydrogen (secondary N) is 1. The Kier molecular flexibility index (Phi) is 2.70. The molecule has 6 heteroatoms. The van der Waals surface area contributed by atoms with Crippen LogP contribution in [0.4, 0.5) is 4.79 Å². The first-order valence-corrected chi connectivity index (χ1v) is 5.09. The zero-order valence-corrected chi connectivity index (χ0v) is 9.25. The van der Waals surface area contributed by atoms with E-state index < -0.39 is 11.7 Å². The minimum atomic E-state index is -0.628. The van der Waals surface area contributed by atoms with Gasteiger partial charge >= 0.3 is 6.09 Å². The Hall–Kier alpha value is -1.75. The molecule has 1 aromatic heterocycles. The summed E-state index contributed by atoms with van der Waals surface area (Å²) in [7, 11) is 0. The molecule has 2 rings (SSSR count). The number of fused-ring (bicyclic) bond motifs is 1. The van der Waals surface area contributed by atoms with Gasteiger partial charge in [-0.05, 0) is 19.1 Å². The van der Waals surface area contributed by atoms with Crippen molar-refractivity contribution in [1.29, 1.82) is 0 Å². The predicted octanol–water partition coefficient (Wildman–Crippen LogP) is 1.99. The summed E-state index contributed by atoms with van der Waals surface area (Å²) in [5.41, 5.74) is 0.00426. The molecule has 0 unspecified atom stereocenters. The van der Waals surface area contributed by atoms with E-state index in [2.05, 4.69) is 5.10 Å². The smallest absolute Gasteiger partial charge is 0.433 e. The summed E-state index contributed by atoms with van der Waals surface area (Å²) in [6.45, 7) is 1.93. The highest BCUT2D eigenvalue weighted by Gasteiger charge is 2.14. The van der Waals surface area contributed by atoms with E-state index >= 15 is 0 Å². The summed E-state index contributed by atoms with van der Waals surface area (Å²) < 4.78 is 5.85. The van der Waals surface area contributed by atoms with Gasteiger partial charge in [0.25, 0.3) is 5.56 Å². The number of aromatic amines is 1. The van der Waals surface area contributed by atoms with E-state index in [1.54, 1.807) is 25.1 Å². The van der Waals surface area contributed by atoms with Gasteiger partial charge in [-0.3, -0.25) is 9.89 Å². The van der Waals surface area contributed by atoms with E-state index in [0.717, 1.165) is 4.68 Å². The first-order chi connectivity index (χ1) is 7.65. The van der Waals surface area contributed by atoms with Crippen LogP contribution in [0.1, 0.15) is 6.92 Å². The van der Waals surface area contributed by atoms with Gasteiger partial charge in [-0.25, -0.2) is 4.79 Å². The standard InChI is InChI=1S/C10H9ClN2O3/c1-2-16-10(15)13-7-5-3-4-6(11)8(7)9(14)12-13/h3-5H,2H2,1H3,(H,12,14). The Balaban J connectivity index is 2.69. The molecule has 0 radical (unpaired) electrons. The van der Waals surface area contributed by atoms with Gasteiger partial charge in [0.15, 0.2) is 0 Å². The van der Waals surface area contributed by atoms with E-state index in [4.69, 9.17) is 16.3 Å². The van der Waals surface area contributed by atoms with Crippen LogP contribution in [0.15, 0.2) is 23.0 Å². The maximum absolute atomic E-state index is 11.6. The van der Waals surface area contributed by atoms with Crippen LogP contribution in [0, 0.1) is 0 Å². The molecule has 16 heavy (non-hydrogen) atoms. The second-order valence-electron chi connectivity index (χ2n) is 3.11. The van der Waals surface area contributed by atoms with Crippen molar-refractivity contribution in [2.75, 3.05) is 6.61 Å². The molecule has 0 amide bonds. The first kappa shape index (κ1) is 10.8. The van der Waals surface area contributed by atoms with Crippen LogP contribution in [0.3, 0.4) is 0 Å². The maximum atomic E-state index is 11.6. The van der Waals surface area contributed by atoms with Gasteiger partial charge in [-0.1, -0.05) is 17.7 Å². The largest absolute Gasteiger partial charge is 0.448 e. The fourth-order valence-corrected chi connectivity index (χ4v) is 1.73. The number of H-pyrrole nitrogens is 1. The number of rotatable bonds is 1. The summed E-state index contributed by atoms with van der Waals surface area (Å²) >= 11 is 5.87. The van der Waals surface area contributed by atoms with Crippen LogP contribution in [-0.2, 0) is 4.74 Å². The fraction of sp³-hybridized carbons (Fsp3) is 0.200. The lowest BCUT2D eigenvalue weighted by Gasteiger charge is -2.02. The van der Waals surface area contributed by atoms with E-state index in [-0.39, 0.29) is 12.0 Å². The summed E-state index contributed by atoms with van der Waals surface area (Å²) in [6.07, 6.45) is -0.628. The third kappa shape index (κ3) is 1.59. The summed E-state index contributed by atoms with van der Waals surface area (Å²) in [5, 5.41) is 2.98. The molecule has 0 aliphatic heterocycles. The highest BCUT2D eigenvalue weighted by Crippen LogP contribution is 2.19. The number of nitrogens with zero attached hydrogens (tertiary/aromatic N) is 1. The average Bonchev–Trinajstić information content (AvgIpc) is 2.58. The van der Waals surface area contributed by atoms with Gasteiger partial charge in [0, 0.05) is 0 Å². The molecule has 1 N–H and O–H groups in total. The normalized spacial score (nSPS) is 10.6. The van der Waals surface area contributed by atoms with Gasteiger partial charge in [-0.2, -0.15) is 4.68 Å². The Morgan fingerprint density at radius 2 is 2.31 bits per heavy atom. The quantitative estimate of drug-likeness (QED) is 0.829. The number of hydrogen-bond acceptors (Lipinski definition) is 3. The van der Waals surface area contributed by atoms with Crippen molar-refractivity contribution in [2.45, 2.75) is 6.92 Å². The molecule has 0 fully saturated rings. The van der Waals surface area contributed by atoms with Crippen LogP contribution < -0.4 is 5.56 Å². The van der Waals surface area contributed by atoms with Crippen LogP contribution in [0.25, 0.3) is 10.9 Å². The van der Waals surface area contributed by atoms with Crippen molar-refractivity contribution in [3.63, 3.8) is 0 Å². The highest BCUT2D eigenvalue weighted by molar-refractivity contribution is 6.35. The molecule has 1 aromatic carbocycles. The number of aromatic nitrogens is 2. The van der Waals surface area contributed by atoms with Crippen molar-refractivity contribution >= 4 is 28.6 Å². The van der Waals surface area contributed by atoms with Gasteiger partial charge < -0.3 is 4.74 Å². The molecule has 0 spiro atoms. The van der Waals surface area contributed by atoms with E-state index in [9.17, 15) is 9.59 Å². The van der Waals surface area contributed by atoms with Gasteiger partial charge in [0.2, 0.25) is 0 Å². The molecule has 1 heterocycles. The Morgan fingerprint density at radius 1 is 1.56 bits per heavy atom. The van der Waals surface area contributed by atoms with Crippen molar-refractivity contribution in [3.8, 4) is 0 Å². The minimum Gasteiger partial charge on any atom is -0.448 e. The Morgan fingerprint density at radius 3 is 3.00 bits per heavy atom. The van der Waals surface area contributed by atoms with Crippen molar-refractivity contribution in [3.05, 3.63) is 33.6 Å². The first-order valence-electron chi connectivity index (χ1n) is 4.71. The lowest BCUT2D eigenvalue weighted by Crippen LogP contribution is -2.17. The summed E-state index contributed by atoms with van der Waals surface area (Å²) in [4.78, 5) is 23.1. The van der Waals surface area contributed by atoms with Crippen LogP contribution in [0.5, 0.6) is 0 Å². The maximum Gasteiger partial charge on any atom is 0.433 e. The molecule has 0 aliphatic rings. The number of benzene rings is 1. The molecule has 0 atom stereocenters. The third-order valence-electron chi connectivity index (χ3n) is 2.12. The third-order valence-corrected chi connectivity index (χ3v) is 2.44. The number of ether oxygens (including phenoxy) is 1. The Labute approximate surface area is 95.6 Å². The van der Waals surface area contributed by atoms with E-state index in [0.29, 0.717) is 10.5 Å². The molecule has 0 saturated carbocycles.